The van der Waals surface area contributed by atoms with Gasteiger partial charge in [-0.25, -0.2) is 8.42 Å². The third-order valence-electron chi connectivity index (χ3n) is 3.20. The number of fused-ring (bicyclic) bond motifs is 1. The maximum Gasteiger partial charge on any atom is 0.236 e. The maximum absolute atomic E-state index is 12.3. The maximum atomic E-state index is 12.3. The van der Waals surface area contributed by atoms with Crippen molar-refractivity contribution in [1.29, 1.82) is 0 Å². The summed E-state index contributed by atoms with van der Waals surface area (Å²) < 4.78 is 27.2. The van der Waals surface area contributed by atoms with E-state index in [2.05, 4.69) is 9.71 Å². The summed E-state index contributed by atoms with van der Waals surface area (Å²) in [6, 6.07) is 12.2. The van der Waals surface area contributed by atoms with E-state index in [1.54, 1.807) is 42.6 Å². The molecule has 0 bridgehead atoms. The molecule has 0 aliphatic carbocycles. The van der Waals surface area contributed by atoms with Crippen LogP contribution >= 0.6 is 23.2 Å². The van der Waals surface area contributed by atoms with Gasteiger partial charge >= 0.3 is 0 Å². The molecule has 3 aromatic rings. The number of rotatable bonds is 4. The lowest BCUT2D eigenvalue weighted by molar-refractivity contribution is 0.600. The molecule has 2 aromatic carbocycles. The lowest BCUT2D eigenvalue weighted by Gasteiger charge is -2.10. The number of anilines is 1. The molecule has 0 amide bonds. The van der Waals surface area contributed by atoms with Crippen molar-refractivity contribution in [3.63, 3.8) is 0 Å². The Morgan fingerprint density at radius 1 is 1.00 bits per heavy atom. The summed E-state index contributed by atoms with van der Waals surface area (Å²) in [6.45, 7) is 0. The third-order valence-corrected chi connectivity index (χ3v) is 5.06. The summed E-state index contributed by atoms with van der Waals surface area (Å²) in [5.74, 6) is -0.105. The van der Waals surface area contributed by atoms with Crippen molar-refractivity contribution in [2.24, 2.45) is 0 Å². The van der Waals surface area contributed by atoms with Crippen LogP contribution in [0.2, 0.25) is 10.0 Å². The molecule has 0 saturated carbocycles. The van der Waals surface area contributed by atoms with E-state index in [-0.39, 0.29) is 5.75 Å². The topological polar surface area (TPSA) is 62.0 Å². The average Bonchev–Trinajstić information content (AvgIpc) is 2.86. The van der Waals surface area contributed by atoms with Crippen molar-refractivity contribution in [3.05, 3.63) is 64.3 Å². The van der Waals surface area contributed by atoms with Gasteiger partial charge < -0.3 is 4.98 Å². The largest absolute Gasteiger partial charge is 0.358 e. The van der Waals surface area contributed by atoms with Crippen LogP contribution in [-0.2, 0) is 15.8 Å². The van der Waals surface area contributed by atoms with E-state index in [0.717, 1.165) is 0 Å². The van der Waals surface area contributed by atoms with Crippen LogP contribution in [0.25, 0.3) is 10.9 Å². The summed E-state index contributed by atoms with van der Waals surface area (Å²) in [5.41, 5.74) is 1.70. The van der Waals surface area contributed by atoms with E-state index < -0.39 is 10.0 Å². The Balaban J connectivity index is 1.94. The fraction of sp³-hybridized carbons (Fsp3) is 0.0667. The summed E-state index contributed by atoms with van der Waals surface area (Å²) in [7, 11) is -3.54. The van der Waals surface area contributed by atoms with Crippen LogP contribution in [0.5, 0.6) is 0 Å². The van der Waals surface area contributed by atoms with Crippen LogP contribution in [0, 0.1) is 0 Å². The molecular weight excluding hydrogens is 343 g/mol. The normalized spacial score (nSPS) is 11.7. The first kappa shape index (κ1) is 15.2. The van der Waals surface area contributed by atoms with Gasteiger partial charge in [-0.1, -0.05) is 53.5 Å². The van der Waals surface area contributed by atoms with Crippen molar-refractivity contribution in [2.45, 2.75) is 5.75 Å². The smallest absolute Gasteiger partial charge is 0.236 e. The molecule has 0 radical (unpaired) electrons. The van der Waals surface area contributed by atoms with Crippen molar-refractivity contribution < 1.29 is 8.42 Å². The van der Waals surface area contributed by atoms with E-state index in [1.807, 2.05) is 6.07 Å². The van der Waals surface area contributed by atoms with Crippen molar-refractivity contribution in [1.82, 2.24) is 4.98 Å². The molecule has 0 fully saturated rings. The van der Waals surface area contributed by atoms with Crippen LogP contribution in [0.1, 0.15) is 5.56 Å². The zero-order valence-corrected chi connectivity index (χ0v) is 13.6. The summed E-state index contributed by atoms with van der Waals surface area (Å²) in [4.78, 5) is 2.94. The first-order valence-corrected chi connectivity index (χ1v) is 8.86. The summed E-state index contributed by atoms with van der Waals surface area (Å²) in [6.07, 6.45) is 1.58. The number of aromatic nitrogens is 1. The highest BCUT2D eigenvalue weighted by atomic mass is 35.5. The summed E-state index contributed by atoms with van der Waals surface area (Å²) >= 11 is 12.2. The minimum absolute atomic E-state index is 0.105. The van der Waals surface area contributed by atoms with Gasteiger partial charge in [0.15, 0.2) is 0 Å². The second-order valence-corrected chi connectivity index (χ2v) is 7.37. The number of nitrogens with one attached hydrogen (secondary N) is 2. The van der Waals surface area contributed by atoms with E-state index in [4.69, 9.17) is 23.2 Å². The van der Waals surface area contributed by atoms with Gasteiger partial charge in [-0.15, -0.1) is 0 Å². The Bertz CT molecular complexity index is 921. The number of hydrogen-bond acceptors (Lipinski definition) is 2. The number of sulfonamides is 1. The number of H-pyrrole nitrogens is 1. The van der Waals surface area contributed by atoms with Gasteiger partial charge in [0.2, 0.25) is 10.0 Å². The number of benzene rings is 2. The molecule has 4 nitrogen and oxygen atoms in total. The van der Waals surface area contributed by atoms with E-state index >= 15 is 0 Å². The van der Waals surface area contributed by atoms with Crippen molar-refractivity contribution in [2.75, 3.05) is 4.72 Å². The van der Waals surface area contributed by atoms with E-state index in [1.165, 1.54) is 0 Å². The highest BCUT2D eigenvalue weighted by Crippen LogP contribution is 2.35. The summed E-state index contributed by atoms with van der Waals surface area (Å²) in [5, 5.41) is 1.51. The Kier molecular flexibility index (Phi) is 4.04. The van der Waals surface area contributed by atoms with Crippen molar-refractivity contribution in [3.8, 4) is 0 Å². The predicted octanol–water partition coefficient (Wildman–Crippen LogP) is 4.42. The molecule has 0 saturated heterocycles. The quantitative estimate of drug-likeness (QED) is 0.728. The average molecular weight is 355 g/mol. The molecule has 114 valence electrons. The molecule has 1 aromatic heterocycles. The highest BCUT2D eigenvalue weighted by Gasteiger charge is 2.16. The van der Waals surface area contributed by atoms with Gasteiger partial charge in [-0.05, 0) is 17.7 Å². The van der Waals surface area contributed by atoms with Crippen LogP contribution < -0.4 is 4.72 Å². The minimum Gasteiger partial charge on any atom is -0.358 e. The van der Waals surface area contributed by atoms with Gasteiger partial charge in [-0.2, -0.15) is 0 Å². The zero-order chi connectivity index (χ0) is 15.7. The number of hydrogen-bond donors (Lipinski definition) is 2. The molecule has 1 heterocycles. The Morgan fingerprint density at radius 2 is 1.73 bits per heavy atom. The molecule has 0 atom stereocenters. The van der Waals surface area contributed by atoms with Gasteiger partial charge in [0.25, 0.3) is 0 Å². The van der Waals surface area contributed by atoms with Crippen LogP contribution in [0.3, 0.4) is 0 Å². The lowest BCUT2D eigenvalue weighted by Crippen LogP contribution is -2.15. The van der Waals surface area contributed by atoms with Crippen LogP contribution in [0.4, 0.5) is 5.69 Å². The number of aromatic amines is 1. The molecular formula is C15H12Cl2N2O2S. The third kappa shape index (κ3) is 3.06. The SMILES string of the molecule is O=S(=O)(Cc1ccccc1)Nc1ccc(Cl)c2c(Cl)c[nH]c12. The molecule has 0 spiro atoms. The second-order valence-electron chi connectivity index (χ2n) is 4.83. The fourth-order valence-electron chi connectivity index (χ4n) is 2.25. The minimum atomic E-state index is -3.54. The van der Waals surface area contributed by atoms with Crippen molar-refractivity contribution >= 4 is 49.8 Å². The molecule has 7 heteroatoms. The predicted molar refractivity (Wildman–Crippen MR) is 91.0 cm³/mol. The van der Waals surface area contributed by atoms with Gasteiger partial charge in [0.1, 0.15) is 0 Å². The van der Waals surface area contributed by atoms with Gasteiger partial charge in [-0.3, -0.25) is 4.72 Å². The first-order valence-electron chi connectivity index (χ1n) is 6.46. The monoisotopic (exact) mass is 354 g/mol. The Labute approximate surface area is 138 Å². The molecule has 0 aliphatic rings. The lowest BCUT2D eigenvalue weighted by atomic mass is 10.2. The van der Waals surface area contributed by atoms with Crippen LogP contribution in [0.15, 0.2) is 48.7 Å². The number of halogens is 2. The van der Waals surface area contributed by atoms with E-state index in [0.29, 0.717) is 32.2 Å². The van der Waals surface area contributed by atoms with E-state index in [9.17, 15) is 8.42 Å². The zero-order valence-electron chi connectivity index (χ0n) is 11.3. The Morgan fingerprint density at radius 3 is 2.45 bits per heavy atom. The first-order chi connectivity index (χ1) is 10.5. The van der Waals surface area contributed by atoms with Gasteiger partial charge in [0, 0.05) is 11.6 Å². The standard InChI is InChI=1S/C15H12Cl2N2O2S/c16-11-6-7-13(15-14(11)12(17)8-18-15)19-22(20,21)9-10-4-2-1-3-5-10/h1-8,18-19H,9H2. The fourth-order valence-corrected chi connectivity index (χ4v) is 4.02. The van der Waals surface area contributed by atoms with Gasteiger partial charge in [0.05, 0.1) is 27.0 Å². The second kappa shape index (κ2) is 5.83. The molecule has 0 unspecified atom stereocenters. The Hall–Kier alpha value is -1.69. The molecule has 3 rings (SSSR count). The molecule has 22 heavy (non-hydrogen) atoms. The molecule has 2 N–H and O–H groups in total. The molecule has 0 aliphatic heterocycles. The highest BCUT2D eigenvalue weighted by molar-refractivity contribution is 7.91. The van der Waals surface area contributed by atoms with Crippen LogP contribution in [-0.4, -0.2) is 13.4 Å².